The number of aromatic nitrogens is 2. The fourth-order valence-corrected chi connectivity index (χ4v) is 3.16. The first-order valence-electron chi connectivity index (χ1n) is 6.49. The zero-order valence-electron chi connectivity index (χ0n) is 11.9. The predicted molar refractivity (Wildman–Crippen MR) is 78.5 cm³/mol. The lowest BCUT2D eigenvalue weighted by atomic mass is 10.2. The van der Waals surface area contributed by atoms with Crippen LogP contribution in [0.5, 0.6) is 0 Å². The van der Waals surface area contributed by atoms with Crippen LogP contribution in [-0.4, -0.2) is 30.0 Å². The average molecular weight is 307 g/mol. The van der Waals surface area contributed by atoms with Crippen molar-refractivity contribution in [1.82, 2.24) is 14.5 Å². The molecule has 0 aliphatic heterocycles. The van der Waals surface area contributed by atoms with Crippen LogP contribution in [0.3, 0.4) is 0 Å². The van der Waals surface area contributed by atoms with Crippen LogP contribution in [0.4, 0.5) is 0 Å². The molecule has 7 heteroatoms. The molecule has 21 heavy (non-hydrogen) atoms. The summed E-state index contributed by atoms with van der Waals surface area (Å²) in [4.78, 5) is 11.3. The third kappa shape index (κ3) is 3.99. The Balaban J connectivity index is 2.08. The minimum absolute atomic E-state index is 0.0982. The molecule has 0 fully saturated rings. The van der Waals surface area contributed by atoms with Crippen molar-refractivity contribution in [2.45, 2.75) is 31.3 Å². The van der Waals surface area contributed by atoms with Crippen LogP contribution in [-0.2, 0) is 16.6 Å². The van der Waals surface area contributed by atoms with Crippen molar-refractivity contribution in [1.29, 1.82) is 0 Å². The monoisotopic (exact) mass is 307 g/mol. The molecule has 2 rings (SSSR count). The number of hydrogen-bond acceptors (Lipinski definition) is 4. The number of hydrogen-bond donors (Lipinski definition) is 1. The number of sulfonamides is 1. The molecule has 1 atom stereocenters. The average Bonchev–Trinajstić information content (AvgIpc) is 2.90. The third-order valence-corrected chi connectivity index (χ3v) is 4.55. The largest absolute Gasteiger partial charge is 0.295 e. The number of Topliss-reactive ketones (excluding diaryl/α,β-unsaturated/α-hetero) is 1. The van der Waals surface area contributed by atoms with Gasteiger partial charge in [-0.25, -0.2) is 13.1 Å². The van der Waals surface area contributed by atoms with Crippen molar-refractivity contribution >= 4 is 15.8 Å². The molecule has 1 heterocycles. The molecule has 1 N–H and O–H groups in total. The Bertz CT molecular complexity index is 706. The molecular formula is C14H17N3O3S. The van der Waals surface area contributed by atoms with Crippen molar-refractivity contribution in [2.24, 2.45) is 0 Å². The first kappa shape index (κ1) is 15.4. The van der Waals surface area contributed by atoms with Crippen LogP contribution in [0, 0.1) is 0 Å². The van der Waals surface area contributed by atoms with E-state index in [0.29, 0.717) is 12.1 Å². The molecule has 1 aromatic heterocycles. The summed E-state index contributed by atoms with van der Waals surface area (Å²) in [6.07, 6.45) is 3.41. The quantitative estimate of drug-likeness (QED) is 0.819. The van der Waals surface area contributed by atoms with E-state index in [9.17, 15) is 13.2 Å². The number of nitrogens with zero attached hydrogens (tertiary/aromatic N) is 2. The lowest BCUT2D eigenvalue weighted by molar-refractivity contribution is 0.101. The Morgan fingerprint density at radius 1 is 1.33 bits per heavy atom. The SMILES string of the molecule is CC(=O)c1ccc(S(=O)(=O)N[C@H](C)Cn2cccn2)cc1. The number of carbonyl (C=O) groups excluding carboxylic acids is 1. The zero-order chi connectivity index (χ0) is 15.5. The summed E-state index contributed by atoms with van der Waals surface area (Å²) >= 11 is 0. The van der Waals surface area contributed by atoms with Crippen LogP contribution in [0.1, 0.15) is 24.2 Å². The molecule has 0 bridgehead atoms. The van der Waals surface area contributed by atoms with Gasteiger partial charge in [0, 0.05) is 24.0 Å². The first-order chi connectivity index (χ1) is 9.88. The van der Waals surface area contributed by atoms with Crippen LogP contribution in [0.2, 0.25) is 0 Å². The maximum Gasteiger partial charge on any atom is 0.240 e. The Morgan fingerprint density at radius 3 is 2.52 bits per heavy atom. The van der Waals surface area contributed by atoms with E-state index in [-0.39, 0.29) is 16.7 Å². The molecule has 0 aliphatic carbocycles. The van der Waals surface area contributed by atoms with Crippen molar-refractivity contribution in [3.05, 3.63) is 48.3 Å². The second-order valence-electron chi connectivity index (χ2n) is 4.83. The Kier molecular flexibility index (Phi) is 4.54. The smallest absolute Gasteiger partial charge is 0.240 e. The molecule has 0 spiro atoms. The van der Waals surface area contributed by atoms with E-state index in [4.69, 9.17) is 0 Å². The van der Waals surface area contributed by atoms with Gasteiger partial charge in [-0.15, -0.1) is 0 Å². The van der Waals surface area contributed by atoms with Gasteiger partial charge in [-0.1, -0.05) is 12.1 Å². The summed E-state index contributed by atoms with van der Waals surface area (Å²) in [5, 5.41) is 4.03. The fraction of sp³-hybridized carbons (Fsp3) is 0.286. The number of nitrogens with one attached hydrogen (secondary N) is 1. The summed E-state index contributed by atoms with van der Waals surface area (Å²) in [5.74, 6) is -0.0982. The van der Waals surface area contributed by atoms with E-state index in [1.54, 1.807) is 30.1 Å². The van der Waals surface area contributed by atoms with Crippen LogP contribution in [0.15, 0.2) is 47.6 Å². The van der Waals surface area contributed by atoms with Gasteiger partial charge in [-0.3, -0.25) is 9.48 Å². The van der Waals surface area contributed by atoms with Gasteiger partial charge in [-0.2, -0.15) is 5.10 Å². The molecule has 2 aromatic rings. The van der Waals surface area contributed by atoms with Gasteiger partial charge in [0.1, 0.15) is 0 Å². The second-order valence-corrected chi connectivity index (χ2v) is 6.54. The minimum Gasteiger partial charge on any atom is -0.295 e. The molecule has 1 aromatic carbocycles. The zero-order valence-corrected chi connectivity index (χ0v) is 12.7. The van der Waals surface area contributed by atoms with Gasteiger partial charge < -0.3 is 0 Å². The normalized spacial score (nSPS) is 13.0. The third-order valence-electron chi connectivity index (χ3n) is 2.95. The predicted octanol–water partition coefficient (Wildman–Crippen LogP) is 1.45. The first-order valence-corrected chi connectivity index (χ1v) is 7.97. The molecule has 0 unspecified atom stereocenters. The highest BCUT2D eigenvalue weighted by Gasteiger charge is 2.17. The van der Waals surface area contributed by atoms with Crippen molar-refractivity contribution < 1.29 is 13.2 Å². The van der Waals surface area contributed by atoms with E-state index in [2.05, 4.69) is 9.82 Å². The van der Waals surface area contributed by atoms with E-state index in [1.165, 1.54) is 31.2 Å². The fourth-order valence-electron chi connectivity index (χ4n) is 1.93. The molecule has 0 aliphatic rings. The molecule has 0 saturated carbocycles. The minimum atomic E-state index is -3.61. The highest BCUT2D eigenvalue weighted by Crippen LogP contribution is 2.11. The molecule has 0 amide bonds. The maximum atomic E-state index is 12.2. The lowest BCUT2D eigenvalue weighted by Crippen LogP contribution is -2.35. The molecular weight excluding hydrogens is 290 g/mol. The van der Waals surface area contributed by atoms with Gasteiger partial charge >= 0.3 is 0 Å². The number of benzene rings is 1. The van der Waals surface area contributed by atoms with Crippen LogP contribution in [0.25, 0.3) is 0 Å². The summed E-state index contributed by atoms with van der Waals surface area (Å²) in [6.45, 7) is 3.65. The van der Waals surface area contributed by atoms with E-state index in [1.807, 2.05) is 0 Å². The van der Waals surface area contributed by atoms with Gasteiger partial charge in [0.05, 0.1) is 11.4 Å². The van der Waals surface area contributed by atoms with Gasteiger partial charge in [-0.05, 0) is 32.0 Å². The second kappa shape index (κ2) is 6.19. The van der Waals surface area contributed by atoms with Crippen LogP contribution >= 0.6 is 0 Å². The number of rotatable bonds is 6. The van der Waals surface area contributed by atoms with Crippen molar-refractivity contribution in [3.8, 4) is 0 Å². The topological polar surface area (TPSA) is 81.1 Å². The summed E-state index contributed by atoms with van der Waals surface area (Å²) in [7, 11) is -3.61. The lowest BCUT2D eigenvalue weighted by Gasteiger charge is -2.14. The summed E-state index contributed by atoms with van der Waals surface area (Å²) < 4.78 is 28.7. The highest BCUT2D eigenvalue weighted by atomic mass is 32.2. The van der Waals surface area contributed by atoms with E-state index >= 15 is 0 Å². The number of carbonyl (C=O) groups is 1. The Labute approximate surface area is 123 Å². The van der Waals surface area contributed by atoms with Crippen LogP contribution < -0.4 is 4.72 Å². The van der Waals surface area contributed by atoms with Crippen molar-refractivity contribution in [3.63, 3.8) is 0 Å². The molecule has 6 nitrogen and oxygen atoms in total. The number of ketones is 1. The standard InChI is InChI=1S/C14H17N3O3S/c1-11(10-17-9-3-8-15-17)16-21(19,20)14-6-4-13(5-7-14)12(2)18/h3-9,11,16H,10H2,1-2H3/t11-/m1/s1. The maximum absolute atomic E-state index is 12.2. The summed E-state index contributed by atoms with van der Waals surface area (Å²) in [6, 6.07) is 7.35. The van der Waals surface area contributed by atoms with E-state index < -0.39 is 10.0 Å². The van der Waals surface area contributed by atoms with Gasteiger partial charge in [0.15, 0.2) is 5.78 Å². The molecule has 0 saturated heterocycles. The summed E-state index contributed by atoms with van der Waals surface area (Å²) in [5.41, 5.74) is 0.485. The van der Waals surface area contributed by atoms with E-state index in [0.717, 1.165) is 0 Å². The Hall–Kier alpha value is -1.99. The highest BCUT2D eigenvalue weighted by molar-refractivity contribution is 7.89. The molecule has 0 radical (unpaired) electrons. The Morgan fingerprint density at radius 2 is 2.00 bits per heavy atom. The van der Waals surface area contributed by atoms with Gasteiger partial charge in [0.25, 0.3) is 0 Å². The van der Waals surface area contributed by atoms with Gasteiger partial charge in [0.2, 0.25) is 10.0 Å². The molecule has 112 valence electrons. The van der Waals surface area contributed by atoms with Crippen molar-refractivity contribution in [2.75, 3.05) is 0 Å².